The highest BCUT2D eigenvalue weighted by atomic mass is 16.5. The molecule has 84 valence electrons. The molecule has 1 aliphatic carbocycles. The first-order valence-corrected chi connectivity index (χ1v) is 5.57. The van der Waals surface area contributed by atoms with Crippen molar-refractivity contribution in [3.05, 3.63) is 11.6 Å². The van der Waals surface area contributed by atoms with Crippen LogP contribution < -0.4 is 0 Å². The number of carbonyl (C=O) groups excluding carboxylic acids is 2. The van der Waals surface area contributed by atoms with Crippen LogP contribution in [0.2, 0.25) is 0 Å². The normalized spacial score (nSPS) is 14.9. The van der Waals surface area contributed by atoms with E-state index in [0.29, 0.717) is 13.0 Å². The van der Waals surface area contributed by atoms with Gasteiger partial charge in [0, 0.05) is 6.42 Å². The molecule has 0 aromatic heterocycles. The van der Waals surface area contributed by atoms with Crippen LogP contribution in [-0.4, -0.2) is 18.4 Å². The maximum Gasteiger partial charge on any atom is 0.313 e. The fourth-order valence-electron chi connectivity index (χ4n) is 1.73. The molecule has 0 spiro atoms. The van der Waals surface area contributed by atoms with Crippen LogP contribution in [0, 0.1) is 0 Å². The van der Waals surface area contributed by atoms with Gasteiger partial charge in [-0.05, 0) is 32.6 Å². The van der Waals surface area contributed by atoms with Gasteiger partial charge >= 0.3 is 5.97 Å². The monoisotopic (exact) mass is 210 g/mol. The van der Waals surface area contributed by atoms with Crippen LogP contribution in [0.3, 0.4) is 0 Å². The average Bonchev–Trinajstić information content (AvgIpc) is 2.67. The van der Waals surface area contributed by atoms with Gasteiger partial charge in [0.05, 0.1) is 6.61 Å². The number of esters is 1. The maximum absolute atomic E-state index is 11.4. The smallest absolute Gasteiger partial charge is 0.313 e. The molecular weight excluding hydrogens is 192 g/mol. The summed E-state index contributed by atoms with van der Waals surface area (Å²) < 4.78 is 4.71. The molecule has 1 aliphatic rings. The van der Waals surface area contributed by atoms with Crippen molar-refractivity contribution in [1.29, 1.82) is 0 Å². The minimum Gasteiger partial charge on any atom is -0.466 e. The molecule has 3 nitrogen and oxygen atoms in total. The molecule has 0 bridgehead atoms. The molecule has 0 N–H and O–H groups in total. The Morgan fingerprint density at radius 1 is 1.47 bits per heavy atom. The van der Waals surface area contributed by atoms with Crippen molar-refractivity contribution in [1.82, 2.24) is 0 Å². The van der Waals surface area contributed by atoms with Gasteiger partial charge in [0.1, 0.15) is 12.2 Å². The molecule has 0 aliphatic heterocycles. The van der Waals surface area contributed by atoms with Crippen molar-refractivity contribution < 1.29 is 14.3 Å². The molecule has 0 fully saturated rings. The Bertz CT molecular complexity index is 266. The van der Waals surface area contributed by atoms with Gasteiger partial charge < -0.3 is 4.74 Å². The number of ketones is 1. The third kappa shape index (κ3) is 4.77. The second-order valence-electron chi connectivity index (χ2n) is 3.78. The third-order valence-electron chi connectivity index (χ3n) is 2.51. The van der Waals surface area contributed by atoms with Gasteiger partial charge in [-0.15, -0.1) is 0 Å². The van der Waals surface area contributed by atoms with E-state index in [0.717, 1.165) is 19.3 Å². The van der Waals surface area contributed by atoms with Gasteiger partial charge in [0.15, 0.2) is 0 Å². The highest BCUT2D eigenvalue weighted by Crippen LogP contribution is 2.21. The first kappa shape index (κ1) is 12.0. The summed E-state index contributed by atoms with van der Waals surface area (Å²) in [5, 5.41) is 0. The summed E-state index contributed by atoms with van der Waals surface area (Å²) in [6.07, 6.45) is 6.90. The lowest BCUT2D eigenvalue weighted by atomic mass is 10.1. The summed E-state index contributed by atoms with van der Waals surface area (Å²) in [5.74, 6) is -0.413. The van der Waals surface area contributed by atoms with Crippen molar-refractivity contribution in [3.8, 4) is 0 Å². The van der Waals surface area contributed by atoms with Gasteiger partial charge in [0.2, 0.25) is 0 Å². The molecule has 0 radical (unpaired) electrons. The van der Waals surface area contributed by atoms with Crippen LogP contribution in [0.15, 0.2) is 11.6 Å². The van der Waals surface area contributed by atoms with E-state index >= 15 is 0 Å². The van der Waals surface area contributed by atoms with Crippen molar-refractivity contribution in [2.24, 2.45) is 0 Å². The first-order chi connectivity index (χ1) is 7.22. The molecular formula is C12H18O3. The lowest BCUT2D eigenvalue weighted by Gasteiger charge is -2.02. The zero-order valence-corrected chi connectivity index (χ0v) is 9.25. The highest BCUT2D eigenvalue weighted by Gasteiger charge is 2.12. The van der Waals surface area contributed by atoms with Crippen molar-refractivity contribution in [3.63, 3.8) is 0 Å². The second-order valence-corrected chi connectivity index (χ2v) is 3.78. The zero-order chi connectivity index (χ0) is 11.1. The van der Waals surface area contributed by atoms with Crippen molar-refractivity contribution in [2.45, 2.75) is 45.4 Å². The van der Waals surface area contributed by atoms with Crippen molar-refractivity contribution >= 4 is 11.8 Å². The summed E-state index contributed by atoms with van der Waals surface area (Å²) in [6, 6.07) is 0. The summed E-state index contributed by atoms with van der Waals surface area (Å²) >= 11 is 0. The van der Waals surface area contributed by atoms with E-state index in [-0.39, 0.29) is 12.2 Å². The fourth-order valence-corrected chi connectivity index (χ4v) is 1.73. The topological polar surface area (TPSA) is 43.4 Å². The van der Waals surface area contributed by atoms with Gasteiger partial charge in [0.25, 0.3) is 0 Å². The standard InChI is InChI=1S/C12H18O3/c1-2-15-12(14)9-11(13)8-7-10-5-3-4-6-10/h5H,2-4,6-9H2,1H3. The molecule has 0 amide bonds. The van der Waals surface area contributed by atoms with Crippen LogP contribution in [0.5, 0.6) is 0 Å². The van der Waals surface area contributed by atoms with E-state index in [1.54, 1.807) is 6.92 Å². The Kier molecular flexibility index (Phi) is 5.08. The average molecular weight is 210 g/mol. The first-order valence-electron chi connectivity index (χ1n) is 5.57. The molecule has 1 rings (SSSR count). The predicted molar refractivity (Wildman–Crippen MR) is 57.4 cm³/mol. The number of carbonyl (C=O) groups is 2. The Balaban J connectivity index is 2.15. The fraction of sp³-hybridized carbons (Fsp3) is 0.667. The molecule has 3 heteroatoms. The molecule has 0 saturated heterocycles. The number of Topliss-reactive ketones (excluding diaryl/α,β-unsaturated/α-hetero) is 1. The third-order valence-corrected chi connectivity index (χ3v) is 2.51. The van der Waals surface area contributed by atoms with Crippen LogP contribution >= 0.6 is 0 Å². The Morgan fingerprint density at radius 3 is 2.87 bits per heavy atom. The molecule has 0 saturated carbocycles. The SMILES string of the molecule is CCOC(=O)CC(=O)CCC1=CCCC1. The lowest BCUT2D eigenvalue weighted by Crippen LogP contribution is -2.11. The summed E-state index contributed by atoms with van der Waals surface area (Å²) in [7, 11) is 0. The predicted octanol–water partition coefficient (Wildman–Crippen LogP) is 2.40. The van der Waals surface area contributed by atoms with Crippen LogP contribution in [-0.2, 0) is 14.3 Å². The van der Waals surface area contributed by atoms with E-state index in [2.05, 4.69) is 6.08 Å². The molecule has 0 aromatic rings. The summed E-state index contributed by atoms with van der Waals surface area (Å²) in [6.45, 7) is 2.09. The van der Waals surface area contributed by atoms with Gasteiger partial charge in [-0.2, -0.15) is 0 Å². The van der Waals surface area contributed by atoms with Gasteiger partial charge in [-0.3, -0.25) is 9.59 Å². The van der Waals surface area contributed by atoms with E-state index in [4.69, 9.17) is 4.74 Å². The number of hydrogen-bond donors (Lipinski definition) is 0. The maximum atomic E-state index is 11.4. The second kappa shape index (κ2) is 6.38. The number of hydrogen-bond acceptors (Lipinski definition) is 3. The molecule has 0 unspecified atom stereocenters. The van der Waals surface area contributed by atoms with Gasteiger partial charge in [-0.25, -0.2) is 0 Å². The summed E-state index contributed by atoms with van der Waals surface area (Å²) in [4.78, 5) is 22.3. The van der Waals surface area contributed by atoms with Crippen LogP contribution in [0.1, 0.15) is 45.4 Å². The van der Waals surface area contributed by atoms with E-state index in [1.807, 2.05) is 0 Å². The Labute approximate surface area is 90.5 Å². The molecule has 0 aromatic carbocycles. The van der Waals surface area contributed by atoms with E-state index in [9.17, 15) is 9.59 Å². The highest BCUT2D eigenvalue weighted by molar-refractivity contribution is 5.95. The largest absolute Gasteiger partial charge is 0.466 e. The van der Waals surface area contributed by atoms with E-state index < -0.39 is 5.97 Å². The number of ether oxygens (including phenoxy) is 1. The molecule has 15 heavy (non-hydrogen) atoms. The number of rotatable bonds is 6. The van der Waals surface area contributed by atoms with E-state index in [1.165, 1.54) is 12.0 Å². The quantitative estimate of drug-likeness (QED) is 0.384. The van der Waals surface area contributed by atoms with Gasteiger partial charge in [-0.1, -0.05) is 11.6 Å². The zero-order valence-electron chi connectivity index (χ0n) is 9.25. The summed E-state index contributed by atoms with van der Waals surface area (Å²) in [5.41, 5.74) is 1.37. The minimum atomic E-state index is -0.400. The molecule has 0 heterocycles. The van der Waals surface area contributed by atoms with Crippen LogP contribution in [0.25, 0.3) is 0 Å². The lowest BCUT2D eigenvalue weighted by molar-refractivity contribution is -0.145. The van der Waals surface area contributed by atoms with Crippen LogP contribution in [0.4, 0.5) is 0 Å². The Hall–Kier alpha value is -1.12. The number of allylic oxidation sites excluding steroid dienone is 2. The minimum absolute atomic E-state index is 0.0127. The van der Waals surface area contributed by atoms with Crippen molar-refractivity contribution in [2.75, 3.05) is 6.61 Å². The molecule has 0 atom stereocenters. The Morgan fingerprint density at radius 2 is 2.27 bits per heavy atom.